The minimum Gasteiger partial charge on any atom is -0.477 e. The first-order chi connectivity index (χ1) is 8.06. The number of amides is 1. The number of rotatable bonds is 5. The zero-order valence-electron chi connectivity index (χ0n) is 9.30. The predicted molar refractivity (Wildman–Crippen MR) is 67.8 cm³/mol. The molecule has 1 atom stereocenters. The highest BCUT2D eigenvalue weighted by atomic mass is 32.2. The van der Waals surface area contributed by atoms with Gasteiger partial charge in [0.15, 0.2) is 0 Å². The first-order valence-corrected chi connectivity index (χ1v) is 7.11. The zero-order valence-corrected chi connectivity index (χ0v) is 10.9. The largest absolute Gasteiger partial charge is 0.477 e. The first kappa shape index (κ1) is 12.4. The molecule has 1 aliphatic carbocycles. The number of thioether (sulfide) groups is 1. The summed E-state index contributed by atoms with van der Waals surface area (Å²) in [6, 6.07) is 1.97. The molecule has 1 amide bonds. The quantitative estimate of drug-likeness (QED) is 0.806. The number of carbonyl (C=O) groups is 2. The van der Waals surface area contributed by atoms with Gasteiger partial charge in [0.1, 0.15) is 4.88 Å². The fourth-order valence-corrected chi connectivity index (χ4v) is 3.11. The second-order valence-electron chi connectivity index (χ2n) is 3.99. The molecule has 1 saturated carbocycles. The van der Waals surface area contributed by atoms with Crippen LogP contribution in [0.5, 0.6) is 0 Å². The molecule has 92 valence electrons. The number of hydrogen-bond donors (Lipinski definition) is 2. The maximum absolute atomic E-state index is 11.7. The molecule has 0 radical (unpaired) electrons. The summed E-state index contributed by atoms with van der Waals surface area (Å²) in [5.41, 5.74) is 0. The summed E-state index contributed by atoms with van der Waals surface area (Å²) in [5, 5.41) is 13.3. The fourth-order valence-electron chi connectivity index (χ4n) is 1.30. The van der Waals surface area contributed by atoms with Gasteiger partial charge in [0.05, 0.1) is 5.25 Å². The van der Waals surface area contributed by atoms with Crippen molar-refractivity contribution in [3.63, 3.8) is 0 Å². The molecule has 0 aliphatic heterocycles. The molecule has 6 heteroatoms. The molecule has 1 heterocycles. The molecule has 0 aromatic carbocycles. The third-order valence-corrected chi connectivity index (χ3v) is 4.53. The minimum absolute atomic E-state index is 0.0283. The highest BCUT2D eigenvalue weighted by Crippen LogP contribution is 2.29. The number of carbonyl (C=O) groups excluding carboxylic acids is 1. The Hall–Kier alpha value is -1.01. The summed E-state index contributed by atoms with van der Waals surface area (Å²) in [7, 11) is 0. The minimum atomic E-state index is -0.920. The first-order valence-electron chi connectivity index (χ1n) is 5.35. The van der Waals surface area contributed by atoms with E-state index in [0.717, 1.165) is 17.7 Å². The van der Waals surface area contributed by atoms with E-state index in [4.69, 9.17) is 5.11 Å². The molecule has 0 saturated heterocycles. The molecule has 4 nitrogen and oxygen atoms in total. The van der Waals surface area contributed by atoms with Gasteiger partial charge in [-0.15, -0.1) is 23.1 Å². The number of hydrogen-bond acceptors (Lipinski definition) is 4. The van der Waals surface area contributed by atoms with Crippen LogP contribution in [-0.4, -0.2) is 28.3 Å². The number of carboxylic acids is 1. The summed E-state index contributed by atoms with van der Waals surface area (Å²) in [6.07, 6.45) is 2.15. The molecule has 17 heavy (non-hydrogen) atoms. The Morgan fingerprint density at radius 3 is 2.82 bits per heavy atom. The van der Waals surface area contributed by atoms with Crippen LogP contribution >= 0.6 is 23.1 Å². The molecule has 1 fully saturated rings. The van der Waals surface area contributed by atoms with E-state index in [-0.39, 0.29) is 11.2 Å². The lowest BCUT2D eigenvalue weighted by molar-refractivity contribution is -0.120. The van der Waals surface area contributed by atoms with Crippen molar-refractivity contribution in [1.82, 2.24) is 5.32 Å². The molecular weight excluding hydrogens is 258 g/mol. The smallest absolute Gasteiger partial charge is 0.345 e. The number of nitrogens with one attached hydrogen (secondary N) is 1. The third-order valence-electron chi connectivity index (χ3n) is 2.39. The lowest BCUT2D eigenvalue weighted by Gasteiger charge is -2.09. The van der Waals surface area contributed by atoms with E-state index in [9.17, 15) is 9.59 Å². The Morgan fingerprint density at radius 1 is 1.59 bits per heavy atom. The van der Waals surface area contributed by atoms with E-state index < -0.39 is 5.97 Å². The van der Waals surface area contributed by atoms with Gasteiger partial charge in [-0.05, 0) is 25.8 Å². The summed E-state index contributed by atoms with van der Waals surface area (Å²) < 4.78 is 0. The van der Waals surface area contributed by atoms with Crippen LogP contribution < -0.4 is 5.32 Å². The standard InChI is InChI=1S/C11H13NO3S2/c1-6(10(13)12-7-2-3-7)17-8-4-9(11(14)15)16-5-8/h4-7H,2-3H2,1H3,(H,12,13)(H,14,15). The van der Waals surface area contributed by atoms with Gasteiger partial charge in [-0.25, -0.2) is 4.79 Å². The van der Waals surface area contributed by atoms with E-state index in [1.807, 2.05) is 6.92 Å². The molecule has 1 unspecified atom stereocenters. The van der Waals surface area contributed by atoms with Crippen molar-refractivity contribution in [2.45, 2.75) is 36.0 Å². The Morgan fingerprint density at radius 2 is 2.29 bits per heavy atom. The molecule has 2 rings (SSSR count). The van der Waals surface area contributed by atoms with Gasteiger partial charge in [-0.3, -0.25) is 4.79 Å². The molecule has 1 aromatic rings. The molecule has 1 aromatic heterocycles. The summed E-state index contributed by atoms with van der Waals surface area (Å²) >= 11 is 2.58. The summed E-state index contributed by atoms with van der Waals surface area (Å²) in [5.74, 6) is -0.891. The lowest BCUT2D eigenvalue weighted by atomic mass is 10.4. The van der Waals surface area contributed by atoms with E-state index >= 15 is 0 Å². The highest BCUT2D eigenvalue weighted by molar-refractivity contribution is 8.00. The number of carboxylic acid groups (broad SMARTS) is 1. The van der Waals surface area contributed by atoms with Gasteiger partial charge < -0.3 is 10.4 Å². The molecule has 0 spiro atoms. The predicted octanol–water partition coefficient (Wildman–Crippen LogP) is 2.21. The highest BCUT2D eigenvalue weighted by Gasteiger charge is 2.26. The topological polar surface area (TPSA) is 66.4 Å². The van der Waals surface area contributed by atoms with Crippen molar-refractivity contribution in [1.29, 1.82) is 0 Å². The van der Waals surface area contributed by atoms with Crippen LogP contribution in [-0.2, 0) is 4.79 Å². The van der Waals surface area contributed by atoms with Crippen LogP contribution in [0, 0.1) is 0 Å². The third kappa shape index (κ3) is 3.47. The molecule has 2 N–H and O–H groups in total. The van der Waals surface area contributed by atoms with Gasteiger partial charge >= 0.3 is 5.97 Å². The van der Waals surface area contributed by atoms with E-state index in [1.165, 1.54) is 23.1 Å². The summed E-state index contributed by atoms with van der Waals surface area (Å²) in [6.45, 7) is 1.83. The normalized spacial score (nSPS) is 16.5. The van der Waals surface area contributed by atoms with Gasteiger partial charge in [-0.1, -0.05) is 0 Å². The van der Waals surface area contributed by atoms with Crippen LogP contribution in [0.25, 0.3) is 0 Å². The van der Waals surface area contributed by atoms with Crippen molar-refractivity contribution in [2.75, 3.05) is 0 Å². The van der Waals surface area contributed by atoms with Crippen LogP contribution in [0.1, 0.15) is 29.4 Å². The molecular formula is C11H13NO3S2. The number of aromatic carboxylic acids is 1. The Kier molecular flexibility index (Phi) is 3.73. The Labute approximate surface area is 107 Å². The van der Waals surface area contributed by atoms with E-state index in [2.05, 4.69) is 5.32 Å². The van der Waals surface area contributed by atoms with Crippen LogP contribution in [0.2, 0.25) is 0 Å². The Bertz CT molecular complexity index is 440. The van der Waals surface area contributed by atoms with Crippen LogP contribution in [0.3, 0.4) is 0 Å². The van der Waals surface area contributed by atoms with Crippen LogP contribution in [0.4, 0.5) is 0 Å². The van der Waals surface area contributed by atoms with E-state index in [0.29, 0.717) is 10.9 Å². The maximum Gasteiger partial charge on any atom is 0.345 e. The monoisotopic (exact) mass is 271 g/mol. The van der Waals surface area contributed by atoms with Crippen molar-refractivity contribution in [3.05, 3.63) is 16.3 Å². The maximum atomic E-state index is 11.7. The molecule has 1 aliphatic rings. The zero-order chi connectivity index (χ0) is 12.4. The van der Waals surface area contributed by atoms with Gasteiger partial charge in [0.2, 0.25) is 5.91 Å². The number of thiophene rings is 1. The van der Waals surface area contributed by atoms with Crippen molar-refractivity contribution in [2.24, 2.45) is 0 Å². The fraction of sp³-hybridized carbons (Fsp3) is 0.455. The van der Waals surface area contributed by atoms with Gasteiger partial charge in [0, 0.05) is 16.3 Å². The Balaban J connectivity index is 1.89. The van der Waals surface area contributed by atoms with Crippen molar-refractivity contribution < 1.29 is 14.7 Å². The van der Waals surface area contributed by atoms with E-state index in [1.54, 1.807) is 11.4 Å². The van der Waals surface area contributed by atoms with Gasteiger partial charge in [-0.2, -0.15) is 0 Å². The average Bonchev–Trinajstić information content (AvgIpc) is 2.94. The van der Waals surface area contributed by atoms with Crippen molar-refractivity contribution >= 4 is 35.0 Å². The average molecular weight is 271 g/mol. The second kappa shape index (κ2) is 5.10. The SMILES string of the molecule is CC(Sc1csc(C(=O)O)c1)C(=O)NC1CC1. The molecule has 0 bridgehead atoms. The summed E-state index contributed by atoms with van der Waals surface area (Å²) in [4.78, 5) is 23.5. The van der Waals surface area contributed by atoms with Crippen molar-refractivity contribution in [3.8, 4) is 0 Å². The van der Waals surface area contributed by atoms with Gasteiger partial charge in [0.25, 0.3) is 0 Å². The lowest BCUT2D eigenvalue weighted by Crippen LogP contribution is -2.32. The second-order valence-corrected chi connectivity index (χ2v) is 6.32. The van der Waals surface area contributed by atoms with Crippen LogP contribution in [0.15, 0.2) is 16.3 Å².